The van der Waals surface area contributed by atoms with Crippen LogP contribution in [0.2, 0.25) is 0 Å². The number of nitro groups is 1. The zero-order valence-electron chi connectivity index (χ0n) is 15.3. The lowest BCUT2D eigenvalue weighted by Gasteiger charge is -2.15. The molecule has 0 aliphatic carbocycles. The van der Waals surface area contributed by atoms with E-state index in [-0.39, 0.29) is 16.9 Å². The number of para-hydroxylation sites is 3. The Morgan fingerprint density at radius 1 is 1.25 bits per heavy atom. The van der Waals surface area contributed by atoms with Crippen molar-refractivity contribution in [1.29, 1.82) is 0 Å². The number of amides is 1. The summed E-state index contributed by atoms with van der Waals surface area (Å²) in [5, 5.41) is 14.0. The van der Waals surface area contributed by atoms with Crippen molar-refractivity contribution < 1.29 is 9.72 Å². The minimum absolute atomic E-state index is 0.129. The van der Waals surface area contributed by atoms with Crippen LogP contribution < -0.4 is 10.9 Å². The summed E-state index contributed by atoms with van der Waals surface area (Å²) in [6.07, 6.45) is 0. The molecule has 1 atom stereocenters. The maximum absolute atomic E-state index is 12.7. The van der Waals surface area contributed by atoms with E-state index in [0.29, 0.717) is 22.6 Å². The fourth-order valence-corrected chi connectivity index (χ4v) is 3.67. The Morgan fingerprint density at radius 3 is 2.64 bits per heavy atom. The molecule has 0 radical (unpaired) electrons. The van der Waals surface area contributed by atoms with E-state index in [0.717, 1.165) is 11.8 Å². The van der Waals surface area contributed by atoms with E-state index in [4.69, 9.17) is 0 Å². The molecule has 0 spiro atoms. The van der Waals surface area contributed by atoms with Crippen LogP contribution in [0.15, 0.2) is 58.5 Å². The molecule has 28 heavy (non-hydrogen) atoms. The topological polar surface area (TPSA) is 107 Å². The zero-order valence-corrected chi connectivity index (χ0v) is 16.1. The quantitative estimate of drug-likeness (QED) is 0.295. The number of anilines is 1. The number of nitrogens with one attached hydrogen (secondary N) is 1. The van der Waals surface area contributed by atoms with Crippen LogP contribution in [-0.2, 0) is 11.3 Å². The van der Waals surface area contributed by atoms with Crippen molar-refractivity contribution in [3.05, 3.63) is 69.0 Å². The van der Waals surface area contributed by atoms with Crippen LogP contribution in [-0.4, -0.2) is 25.6 Å². The summed E-state index contributed by atoms with van der Waals surface area (Å²) < 4.78 is 1.52. The molecule has 0 saturated carbocycles. The first-order chi connectivity index (χ1) is 13.4. The van der Waals surface area contributed by atoms with E-state index >= 15 is 0 Å². The van der Waals surface area contributed by atoms with Crippen molar-refractivity contribution in [2.24, 2.45) is 0 Å². The van der Waals surface area contributed by atoms with Gasteiger partial charge >= 0.3 is 0 Å². The van der Waals surface area contributed by atoms with Gasteiger partial charge in [0, 0.05) is 12.6 Å². The second-order valence-electron chi connectivity index (χ2n) is 5.98. The third-order valence-corrected chi connectivity index (χ3v) is 5.24. The van der Waals surface area contributed by atoms with Crippen LogP contribution >= 0.6 is 11.8 Å². The maximum atomic E-state index is 12.7. The predicted octanol–water partition coefficient (Wildman–Crippen LogP) is 3.44. The third-order valence-electron chi connectivity index (χ3n) is 4.15. The molecule has 0 aliphatic rings. The van der Waals surface area contributed by atoms with Gasteiger partial charge in [0.05, 0.1) is 21.1 Å². The Labute approximate surface area is 164 Å². The van der Waals surface area contributed by atoms with Gasteiger partial charge in [-0.3, -0.25) is 24.3 Å². The summed E-state index contributed by atoms with van der Waals surface area (Å²) in [5.74, 6) is -0.413. The van der Waals surface area contributed by atoms with E-state index in [1.165, 1.54) is 22.8 Å². The Hall–Kier alpha value is -3.20. The first-order valence-electron chi connectivity index (χ1n) is 8.63. The molecule has 9 heteroatoms. The summed E-state index contributed by atoms with van der Waals surface area (Å²) in [6, 6.07) is 13.0. The zero-order chi connectivity index (χ0) is 20.3. The molecular weight excluding hydrogens is 380 g/mol. The first-order valence-corrected chi connectivity index (χ1v) is 9.50. The number of rotatable bonds is 6. The standard InChI is InChI=1S/C19H18N4O4S/c1-3-22-18(25)13-8-4-5-9-14(13)21-19(22)28-12(2)17(24)20-15-10-6-7-11-16(15)23(26)27/h4-12H,3H2,1-2H3,(H,20,24). The average Bonchev–Trinajstić information content (AvgIpc) is 2.68. The normalized spacial score (nSPS) is 11.9. The van der Waals surface area contributed by atoms with E-state index in [1.807, 2.05) is 6.92 Å². The molecule has 3 rings (SSSR count). The van der Waals surface area contributed by atoms with E-state index in [9.17, 15) is 19.7 Å². The molecule has 1 amide bonds. The monoisotopic (exact) mass is 398 g/mol. The molecule has 0 saturated heterocycles. The number of thioether (sulfide) groups is 1. The van der Waals surface area contributed by atoms with Gasteiger partial charge in [0.15, 0.2) is 5.16 Å². The Bertz CT molecular complexity index is 1110. The van der Waals surface area contributed by atoms with Gasteiger partial charge < -0.3 is 5.32 Å². The first kappa shape index (κ1) is 19.6. The van der Waals surface area contributed by atoms with Gasteiger partial charge in [-0.05, 0) is 32.0 Å². The highest BCUT2D eigenvalue weighted by atomic mass is 32.2. The lowest BCUT2D eigenvalue weighted by molar-refractivity contribution is -0.383. The van der Waals surface area contributed by atoms with Crippen molar-refractivity contribution in [2.75, 3.05) is 5.32 Å². The lowest BCUT2D eigenvalue weighted by Crippen LogP contribution is -2.26. The summed E-state index contributed by atoms with van der Waals surface area (Å²) >= 11 is 1.14. The molecular formula is C19H18N4O4S. The summed E-state index contributed by atoms with van der Waals surface area (Å²) in [5.41, 5.74) is 0.347. The number of nitrogens with zero attached hydrogens (tertiary/aromatic N) is 3. The van der Waals surface area contributed by atoms with Crippen LogP contribution in [0.4, 0.5) is 11.4 Å². The van der Waals surface area contributed by atoms with Gasteiger partial charge in [-0.25, -0.2) is 4.98 Å². The summed E-state index contributed by atoms with van der Waals surface area (Å²) in [7, 11) is 0. The molecule has 1 aromatic heterocycles. The molecule has 3 aromatic rings. The summed E-state index contributed by atoms with van der Waals surface area (Å²) in [4.78, 5) is 40.3. The van der Waals surface area contributed by atoms with Crippen LogP contribution in [0, 0.1) is 10.1 Å². The van der Waals surface area contributed by atoms with Crippen molar-refractivity contribution in [3.63, 3.8) is 0 Å². The maximum Gasteiger partial charge on any atom is 0.292 e. The highest BCUT2D eigenvalue weighted by Crippen LogP contribution is 2.27. The van der Waals surface area contributed by atoms with Gasteiger partial charge in [0.25, 0.3) is 11.2 Å². The van der Waals surface area contributed by atoms with Gasteiger partial charge in [-0.1, -0.05) is 36.0 Å². The van der Waals surface area contributed by atoms with Crippen molar-refractivity contribution in [3.8, 4) is 0 Å². The van der Waals surface area contributed by atoms with Crippen LogP contribution in [0.5, 0.6) is 0 Å². The predicted molar refractivity (Wildman–Crippen MR) is 109 cm³/mol. The van der Waals surface area contributed by atoms with Crippen molar-refractivity contribution in [1.82, 2.24) is 9.55 Å². The molecule has 1 heterocycles. The van der Waals surface area contributed by atoms with Crippen LogP contribution in [0.1, 0.15) is 13.8 Å². The number of carbonyl (C=O) groups is 1. The third kappa shape index (κ3) is 3.89. The molecule has 8 nitrogen and oxygen atoms in total. The molecule has 2 aromatic carbocycles. The Kier molecular flexibility index (Phi) is 5.74. The highest BCUT2D eigenvalue weighted by molar-refractivity contribution is 8.00. The number of hydrogen-bond donors (Lipinski definition) is 1. The minimum Gasteiger partial charge on any atom is -0.319 e. The number of hydrogen-bond acceptors (Lipinski definition) is 6. The fraction of sp³-hybridized carbons (Fsp3) is 0.211. The number of fused-ring (bicyclic) bond motifs is 1. The summed E-state index contributed by atoms with van der Waals surface area (Å²) in [6.45, 7) is 3.91. The van der Waals surface area contributed by atoms with Crippen LogP contribution in [0.25, 0.3) is 10.9 Å². The van der Waals surface area contributed by atoms with Crippen LogP contribution in [0.3, 0.4) is 0 Å². The highest BCUT2D eigenvalue weighted by Gasteiger charge is 2.22. The molecule has 1 unspecified atom stereocenters. The van der Waals surface area contributed by atoms with E-state index in [1.54, 1.807) is 37.3 Å². The fourth-order valence-electron chi connectivity index (χ4n) is 2.70. The number of benzene rings is 2. The van der Waals surface area contributed by atoms with Gasteiger partial charge in [0.2, 0.25) is 5.91 Å². The Balaban J connectivity index is 1.87. The van der Waals surface area contributed by atoms with Crippen molar-refractivity contribution in [2.45, 2.75) is 30.8 Å². The molecule has 0 bridgehead atoms. The largest absolute Gasteiger partial charge is 0.319 e. The van der Waals surface area contributed by atoms with Crippen molar-refractivity contribution >= 4 is 39.9 Å². The SMILES string of the molecule is CCn1c(SC(C)C(=O)Nc2ccccc2[N+](=O)[O-])nc2ccccc2c1=O. The van der Waals surface area contributed by atoms with E-state index < -0.39 is 16.1 Å². The second-order valence-corrected chi connectivity index (χ2v) is 7.29. The Morgan fingerprint density at radius 2 is 1.93 bits per heavy atom. The van der Waals surface area contributed by atoms with Gasteiger partial charge in [-0.15, -0.1) is 0 Å². The molecule has 0 aliphatic heterocycles. The van der Waals surface area contributed by atoms with Gasteiger partial charge in [0.1, 0.15) is 5.69 Å². The number of carbonyl (C=O) groups excluding carboxylic acids is 1. The number of aromatic nitrogens is 2. The smallest absolute Gasteiger partial charge is 0.292 e. The second kappa shape index (κ2) is 8.22. The minimum atomic E-state index is -0.620. The average molecular weight is 398 g/mol. The number of nitro benzene ring substituents is 1. The van der Waals surface area contributed by atoms with Gasteiger partial charge in [-0.2, -0.15) is 0 Å². The van der Waals surface area contributed by atoms with E-state index in [2.05, 4.69) is 10.3 Å². The molecule has 0 fully saturated rings. The molecule has 1 N–H and O–H groups in total. The molecule has 144 valence electrons. The lowest BCUT2D eigenvalue weighted by atomic mass is 10.2.